The maximum absolute atomic E-state index is 13.7. The Labute approximate surface area is 138 Å². The van der Waals surface area contributed by atoms with E-state index in [9.17, 15) is 4.39 Å². The molecule has 0 unspecified atom stereocenters. The number of benzene rings is 2. The minimum Gasteiger partial charge on any atom is -0.493 e. The highest BCUT2D eigenvalue weighted by atomic mass is 35.5. The van der Waals surface area contributed by atoms with Crippen LogP contribution in [0.4, 0.5) is 15.8 Å². The van der Waals surface area contributed by atoms with Crippen molar-refractivity contribution in [3.05, 3.63) is 47.2 Å². The molecule has 116 valence electrons. The molecule has 4 nitrogen and oxygen atoms in total. The summed E-state index contributed by atoms with van der Waals surface area (Å²) in [5.74, 6) is 0.688. The first-order valence-electron chi connectivity index (χ1n) is 6.28. The highest BCUT2D eigenvalue weighted by molar-refractivity contribution is 7.80. The molecule has 2 aromatic carbocycles. The predicted octanol–water partition coefficient (Wildman–Crippen LogP) is 4.31. The molecule has 0 amide bonds. The Morgan fingerprint density at radius 2 is 1.77 bits per heavy atom. The second-order valence-corrected chi connectivity index (χ2v) is 5.12. The number of methoxy groups -OCH3 is 2. The highest BCUT2D eigenvalue weighted by Crippen LogP contribution is 2.29. The van der Waals surface area contributed by atoms with Gasteiger partial charge in [-0.1, -0.05) is 11.6 Å². The van der Waals surface area contributed by atoms with Gasteiger partial charge in [0.25, 0.3) is 0 Å². The van der Waals surface area contributed by atoms with Gasteiger partial charge in [0.1, 0.15) is 5.82 Å². The van der Waals surface area contributed by atoms with E-state index in [4.69, 9.17) is 33.3 Å². The zero-order chi connectivity index (χ0) is 16.1. The van der Waals surface area contributed by atoms with Crippen LogP contribution >= 0.6 is 23.8 Å². The summed E-state index contributed by atoms with van der Waals surface area (Å²) in [7, 11) is 3.10. The Hall–Kier alpha value is -2.05. The quantitative estimate of drug-likeness (QED) is 0.812. The molecule has 0 heterocycles. The van der Waals surface area contributed by atoms with Crippen molar-refractivity contribution in [1.82, 2.24) is 0 Å². The van der Waals surface area contributed by atoms with E-state index in [1.165, 1.54) is 12.1 Å². The molecule has 0 spiro atoms. The second kappa shape index (κ2) is 7.29. The molecule has 0 radical (unpaired) electrons. The van der Waals surface area contributed by atoms with Crippen molar-refractivity contribution in [2.45, 2.75) is 0 Å². The summed E-state index contributed by atoms with van der Waals surface area (Å²) in [6.45, 7) is 0. The van der Waals surface area contributed by atoms with Crippen LogP contribution in [0.2, 0.25) is 5.02 Å². The SMILES string of the molecule is COc1ccc(NC(=S)Nc2ccc(Cl)cc2F)cc1OC. The minimum absolute atomic E-state index is 0.238. The molecule has 0 atom stereocenters. The molecule has 2 N–H and O–H groups in total. The smallest absolute Gasteiger partial charge is 0.175 e. The number of rotatable bonds is 4. The number of nitrogens with one attached hydrogen (secondary N) is 2. The summed E-state index contributed by atoms with van der Waals surface area (Å²) in [5.41, 5.74) is 0.923. The Bertz CT molecular complexity index is 697. The Balaban J connectivity index is 2.08. The van der Waals surface area contributed by atoms with Gasteiger partial charge in [0.15, 0.2) is 16.6 Å². The van der Waals surface area contributed by atoms with E-state index in [0.717, 1.165) is 0 Å². The van der Waals surface area contributed by atoms with Crippen LogP contribution in [0, 0.1) is 5.82 Å². The summed E-state index contributed by atoms with van der Waals surface area (Å²) in [6.07, 6.45) is 0. The van der Waals surface area contributed by atoms with E-state index in [1.54, 1.807) is 38.5 Å². The van der Waals surface area contributed by atoms with E-state index in [1.807, 2.05) is 0 Å². The number of hydrogen-bond acceptors (Lipinski definition) is 3. The molecule has 2 rings (SSSR count). The summed E-state index contributed by atoms with van der Waals surface area (Å²) in [5, 5.41) is 6.28. The molecule has 0 aliphatic heterocycles. The fourth-order valence-electron chi connectivity index (χ4n) is 1.79. The molecule has 0 bridgehead atoms. The van der Waals surface area contributed by atoms with E-state index >= 15 is 0 Å². The fraction of sp³-hybridized carbons (Fsp3) is 0.133. The van der Waals surface area contributed by atoms with Gasteiger partial charge in [-0.25, -0.2) is 4.39 Å². The van der Waals surface area contributed by atoms with Gasteiger partial charge in [0.2, 0.25) is 0 Å². The topological polar surface area (TPSA) is 42.5 Å². The molecule has 0 saturated heterocycles. The van der Waals surface area contributed by atoms with Crippen LogP contribution in [0.15, 0.2) is 36.4 Å². The zero-order valence-corrected chi connectivity index (χ0v) is 13.5. The highest BCUT2D eigenvalue weighted by Gasteiger charge is 2.08. The van der Waals surface area contributed by atoms with E-state index in [2.05, 4.69) is 10.6 Å². The van der Waals surface area contributed by atoms with Crippen molar-refractivity contribution in [2.24, 2.45) is 0 Å². The van der Waals surface area contributed by atoms with Gasteiger partial charge in [-0.2, -0.15) is 0 Å². The third-order valence-corrected chi connectivity index (χ3v) is 3.26. The van der Waals surface area contributed by atoms with Crippen molar-refractivity contribution in [3.8, 4) is 11.5 Å². The number of hydrogen-bond donors (Lipinski definition) is 2. The predicted molar refractivity (Wildman–Crippen MR) is 90.8 cm³/mol. The van der Waals surface area contributed by atoms with E-state index in [0.29, 0.717) is 22.2 Å². The first-order chi connectivity index (χ1) is 10.5. The van der Waals surface area contributed by atoms with Gasteiger partial charge in [-0.3, -0.25) is 0 Å². The first kappa shape index (κ1) is 16.3. The van der Waals surface area contributed by atoms with Crippen molar-refractivity contribution < 1.29 is 13.9 Å². The molecule has 7 heteroatoms. The second-order valence-electron chi connectivity index (χ2n) is 4.27. The van der Waals surface area contributed by atoms with Gasteiger partial charge in [-0.05, 0) is 42.5 Å². The number of halogens is 2. The third kappa shape index (κ3) is 3.99. The van der Waals surface area contributed by atoms with Crippen LogP contribution in [0.1, 0.15) is 0 Å². The Morgan fingerprint density at radius 1 is 1.05 bits per heavy atom. The summed E-state index contributed by atoms with van der Waals surface area (Å²) in [6, 6.07) is 9.54. The lowest BCUT2D eigenvalue weighted by atomic mass is 10.2. The van der Waals surface area contributed by atoms with Gasteiger partial charge in [-0.15, -0.1) is 0 Å². The van der Waals surface area contributed by atoms with E-state index < -0.39 is 5.82 Å². The molecule has 0 saturated carbocycles. The number of ether oxygens (including phenoxy) is 2. The molecule has 0 aliphatic rings. The lowest BCUT2D eigenvalue weighted by Gasteiger charge is -2.13. The Kier molecular flexibility index (Phi) is 5.41. The van der Waals surface area contributed by atoms with Gasteiger partial charge >= 0.3 is 0 Å². The van der Waals surface area contributed by atoms with Crippen molar-refractivity contribution >= 4 is 40.3 Å². The van der Waals surface area contributed by atoms with E-state index in [-0.39, 0.29) is 10.8 Å². The minimum atomic E-state index is -0.482. The molecule has 0 aliphatic carbocycles. The van der Waals surface area contributed by atoms with Crippen LogP contribution in [0.5, 0.6) is 11.5 Å². The van der Waals surface area contributed by atoms with Gasteiger partial charge in [0.05, 0.1) is 19.9 Å². The van der Waals surface area contributed by atoms with Crippen LogP contribution in [-0.4, -0.2) is 19.3 Å². The number of thiocarbonyl (C=S) groups is 1. The molecule has 22 heavy (non-hydrogen) atoms. The fourth-order valence-corrected chi connectivity index (χ4v) is 2.18. The maximum Gasteiger partial charge on any atom is 0.175 e. The van der Waals surface area contributed by atoms with Crippen LogP contribution in [0.25, 0.3) is 0 Å². The standard InChI is InChI=1S/C15H14ClFN2O2S/c1-20-13-6-4-10(8-14(13)21-2)18-15(22)19-12-5-3-9(16)7-11(12)17/h3-8H,1-2H3,(H2,18,19,22). The molecule has 0 aromatic heterocycles. The Morgan fingerprint density at radius 3 is 2.41 bits per heavy atom. The van der Waals surface area contributed by atoms with Crippen molar-refractivity contribution in [3.63, 3.8) is 0 Å². The summed E-state index contributed by atoms with van der Waals surface area (Å²) >= 11 is 10.9. The lowest BCUT2D eigenvalue weighted by molar-refractivity contribution is 0.355. The summed E-state index contributed by atoms with van der Waals surface area (Å²) < 4.78 is 24.1. The average molecular weight is 341 g/mol. The average Bonchev–Trinajstić information content (AvgIpc) is 2.50. The van der Waals surface area contributed by atoms with Crippen LogP contribution in [0.3, 0.4) is 0 Å². The largest absolute Gasteiger partial charge is 0.493 e. The lowest BCUT2D eigenvalue weighted by Crippen LogP contribution is -2.19. The molecular formula is C15H14ClFN2O2S. The molecular weight excluding hydrogens is 327 g/mol. The third-order valence-electron chi connectivity index (χ3n) is 2.82. The van der Waals surface area contributed by atoms with Crippen molar-refractivity contribution in [2.75, 3.05) is 24.9 Å². The maximum atomic E-state index is 13.7. The van der Waals surface area contributed by atoms with Gasteiger partial charge < -0.3 is 20.1 Å². The van der Waals surface area contributed by atoms with Crippen LogP contribution in [-0.2, 0) is 0 Å². The van der Waals surface area contributed by atoms with Gasteiger partial charge in [0, 0.05) is 16.8 Å². The van der Waals surface area contributed by atoms with Crippen LogP contribution < -0.4 is 20.1 Å². The number of anilines is 2. The summed E-state index contributed by atoms with van der Waals surface area (Å²) in [4.78, 5) is 0. The zero-order valence-electron chi connectivity index (χ0n) is 11.9. The first-order valence-corrected chi connectivity index (χ1v) is 7.07. The monoisotopic (exact) mass is 340 g/mol. The molecule has 2 aromatic rings. The van der Waals surface area contributed by atoms with Crippen molar-refractivity contribution in [1.29, 1.82) is 0 Å². The normalized spacial score (nSPS) is 10.0. The molecule has 0 fully saturated rings.